The number of hydrogen-bond donors (Lipinski definition) is 2. The number of carbonyl (C=O) groups is 1. The van der Waals surface area contributed by atoms with Crippen molar-refractivity contribution < 1.29 is 27.1 Å². The number of benzene rings is 2. The molecule has 8 nitrogen and oxygen atoms in total. The zero-order valence-electron chi connectivity index (χ0n) is 16.3. The van der Waals surface area contributed by atoms with Crippen molar-refractivity contribution in [2.24, 2.45) is 7.05 Å². The normalized spacial score (nSPS) is 11.4. The van der Waals surface area contributed by atoms with Crippen LogP contribution in [0.5, 0.6) is 5.75 Å². The molecule has 2 amide bonds. The van der Waals surface area contributed by atoms with Gasteiger partial charge in [-0.05, 0) is 36.4 Å². The summed E-state index contributed by atoms with van der Waals surface area (Å²) in [4.78, 5) is 21.1. The van der Waals surface area contributed by atoms with Crippen molar-refractivity contribution in [1.29, 1.82) is 0 Å². The molecule has 2 N–H and O–H groups in total. The van der Waals surface area contributed by atoms with Gasteiger partial charge in [0.15, 0.2) is 11.6 Å². The van der Waals surface area contributed by atoms with Crippen LogP contribution in [0.4, 0.5) is 33.7 Å². The molecule has 2 aromatic carbocycles. The Bertz CT molecular complexity index is 1300. The van der Waals surface area contributed by atoms with Gasteiger partial charge in [-0.3, -0.25) is 9.67 Å². The molecule has 0 aliphatic carbocycles. The third-order valence-corrected chi connectivity index (χ3v) is 4.19. The molecule has 0 saturated carbocycles. The molecular formula is C20H14F4N6O2. The van der Waals surface area contributed by atoms with Crippen LogP contribution in [0.15, 0.2) is 54.9 Å². The first-order valence-corrected chi connectivity index (χ1v) is 9.06. The summed E-state index contributed by atoms with van der Waals surface area (Å²) in [6.07, 6.45) is -1.72. The average molecular weight is 446 g/mol. The second kappa shape index (κ2) is 8.13. The maximum Gasteiger partial charge on any atom is 0.573 e. The minimum Gasteiger partial charge on any atom is -0.403 e. The lowest BCUT2D eigenvalue weighted by Gasteiger charge is -2.12. The average Bonchev–Trinajstić information content (AvgIpc) is 3.15. The highest BCUT2D eigenvalue weighted by molar-refractivity contribution is 6.00. The molecule has 0 radical (unpaired) electrons. The van der Waals surface area contributed by atoms with Crippen molar-refractivity contribution in [3.05, 3.63) is 60.7 Å². The summed E-state index contributed by atoms with van der Waals surface area (Å²) < 4.78 is 55.8. The highest BCUT2D eigenvalue weighted by atomic mass is 19.4. The molecular weight excluding hydrogens is 432 g/mol. The Balaban J connectivity index is 1.50. The summed E-state index contributed by atoms with van der Waals surface area (Å²) in [5, 5.41) is 9.12. The van der Waals surface area contributed by atoms with Gasteiger partial charge in [-0.2, -0.15) is 5.10 Å². The Morgan fingerprint density at radius 1 is 1.00 bits per heavy atom. The maximum atomic E-state index is 13.5. The number of alkyl halides is 3. The van der Waals surface area contributed by atoms with E-state index >= 15 is 0 Å². The van der Waals surface area contributed by atoms with Crippen molar-refractivity contribution in [3.8, 4) is 17.1 Å². The number of ether oxygens (including phenoxy) is 1. The van der Waals surface area contributed by atoms with Gasteiger partial charge in [-0.1, -0.05) is 0 Å². The van der Waals surface area contributed by atoms with Crippen LogP contribution in [-0.2, 0) is 7.05 Å². The zero-order chi connectivity index (χ0) is 22.9. The summed E-state index contributed by atoms with van der Waals surface area (Å²) >= 11 is 0. The molecule has 0 saturated heterocycles. The van der Waals surface area contributed by atoms with E-state index < -0.39 is 24.0 Å². The van der Waals surface area contributed by atoms with E-state index in [1.165, 1.54) is 0 Å². The lowest BCUT2D eigenvalue weighted by molar-refractivity contribution is -0.275. The molecule has 32 heavy (non-hydrogen) atoms. The molecule has 2 heterocycles. The standard InChI is InChI=1S/C20H14F4N6O2/c1-30-7-6-15(29-30)17-10-25-14-5-3-11(8-16(14)28-17)26-19(31)27-12-2-4-13(21)18(9-12)32-20(22,23)24/h2-10H,1H3,(H2,26,27,31). The number of carbonyl (C=O) groups excluding carboxylic acids is 1. The fourth-order valence-electron chi connectivity index (χ4n) is 2.84. The fraction of sp³-hybridized carbons (Fsp3) is 0.100. The summed E-state index contributed by atoms with van der Waals surface area (Å²) in [6.45, 7) is 0. The van der Waals surface area contributed by atoms with Crippen molar-refractivity contribution >= 4 is 28.4 Å². The van der Waals surface area contributed by atoms with Gasteiger partial charge in [0.05, 0.1) is 17.2 Å². The van der Waals surface area contributed by atoms with Crippen LogP contribution in [0.2, 0.25) is 0 Å². The Kier molecular flexibility index (Phi) is 5.34. The maximum absolute atomic E-state index is 13.5. The minimum absolute atomic E-state index is 0.0961. The van der Waals surface area contributed by atoms with Crippen molar-refractivity contribution in [2.45, 2.75) is 6.36 Å². The predicted octanol–water partition coefficient (Wildman–Crippen LogP) is 4.71. The van der Waals surface area contributed by atoms with Gasteiger partial charge in [0.2, 0.25) is 0 Å². The van der Waals surface area contributed by atoms with Crippen LogP contribution in [-0.4, -0.2) is 32.1 Å². The first kappa shape index (κ1) is 21.0. The van der Waals surface area contributed by atoms with E-state index in [0.717, 1.165) is 18.2 Å². The number of halogens is 4. The molecule has 12 heteroatoms. The Morgan fingerprint density at radius 3 is 2.41 bits per heavy atom. The van der Waals surface area contributed by atoms with Gasteiger partial charge >= 0.3 is 12.4 Å². The number of urea groups is 1. The number of nitrogens with zero attached hydrogens (tertiary/aromatic N) is 4. The molecule has 0 bridgehead atoms. The van der Waals surface area contributed by atoms with Gasteiger partial charge in [0.25, 0.3) is 0 Å². The summed E-state index contributed by atoms with van der Waals surface area (Å²) in [7, 11) is 1.78. The van der Waals surface area contributed by atoms with Crippen LogP contribution in [0, 0.1) is 5.82 Å². The second-order valence-electron chi connectivity index (χ2n) is 6.61. The lowest BCUT2D eigenvalue weighted by Crippen LogP contribution is -2.20. The molecule has 4 aromatic rings. The highest BCUT2D eigenvalue weighted by Crippen LogP contribution is 2.28. The van der Waals surface area contributed by atoms with E-state index in [4.69, 9.17) is 0 Å². The van der Waals surface area contributed by atoms with Crippen molar-refractivity contribution in [1.82, 2.24) is 19.7 Å². The molecule has 2 aromatic heterocycles. The van der Waals surface area contributed by atoms with E-state index in [9.17, 15) is 22.4 Å². The van der Waals surface area contributed by atoms with Crippen LogP contribution in [0.1, 0.15) is 0 Å². The molecule has 0 atom stereocenters. The number of aryl methyl sites for hydroxylation is 1. The fourth-order valence-corrected chi connectivity index (χ4v) is 2.84. The third kappa shape index (κ3) is 4.91. The van der Waals surface area contributed by atoms with Crippen LogP contribution >= 0.6 is 0 Å². The number of anilines is 2. The second-order valence-corrected chi connectivity index (χ2v) is 6.61. The molecule has 0 fully saturated rings. The first-order valence-electron chi connectivity index (χ1n) is 9.06. The Morgan fingerprint density at radius 2 is 1.72 bits per heavy atom. The number of hydrogen-bond acceptors (Lipinski definition) is 5. The van der Waals surface area contributed by atoms with Crippen LogP contribution < -0.4 is 15.4 Å². The predicted molar refractivity (Wildman–Crippen MR) is 107 cm³/mol. The van der Waals surface area contributed by atoms with E-state index in [0.29, 0.717) is 28.1 Å². The summed E-state index contributed by atoms with van der Waals surface area (Å²) in [6, 6.07) is 8.41. The monoisotopic (exact) mass is 446 g/mol. The SMILES string of the molecule is Cn1ccc(-c2cnc3ccc(NC(=O)Nc4ccc(F)c(OC(F)(F)F)c4)cc3n2)n1. The third-order valence-electron chi connectivity index (χ3n) is 4.19. The van der Waals surface area contributed by atoms with Gasteiger partial charge in [-0.25, -0.2) is 14.2 Å². The summed E-state index contributed by atoms with van der Waals surface area (Å²) in [5.41, 5.74) is 2.52. The number of amides is 2. The van der Waals surface area contributed by atoms with E-state index in [1.54, 1.807) is 48.4 Å². The molecule has 0 aliphatic heterocycles. The van der Waals surface area contributed by atoms with Crippen molar-refractivity contribution in [2.75, 3.05) is 10.6 Å². The van der Waals surface area contributed by atoms with Crippen molar-refractivity contribution in [3.63, 3.8) is 0 Å². The van der Waals surface area contributed by atoms with Gasteiger partial charge in [0.1, 0.15) is 11.4 Å². The number of nitrogens with one attached hydrogen (secondary N) is 2. The Labute approximate surface area is 177 Å². The first-order chi connectivity index (χ1) is 15.2. The summed E-state index contributed by atoms with van der Waals surface area (Å²) in [5.74, 6) is -2.27. The van der Waals surface area contributed by atoms with Crippen LogP contribution in [0.25, 0.3) is 22.4 Å². The lowest BCUT2D eigenvalue weighted by atomic mass is 10.2. The van der Waals surface area contributed by atoms with Crippen LogP contribution in [0.3, 0.4) is 0 Å². The highest BCUT2D eigenvalue weighted by Gasteiger charge is 2.32. The quantitative estimate of drug-likeness (QED) is 0.443. The number of fused-ring (bicyclic) bond motifs is 1. The van der Waals surface area contributed by atoms with E-state index in [-0.39, 0.29) is 5.69 Å². The minimum atomic E-state index is -5.07. The molecule has 164 valence electrons. The largest absolute Gasteiger partial charge is 0.573 e. The molecule has 0 aliphatic rings. The van der Waals surface area contributed by atoms with Gasteiger partial charge < -0.3 is 15.4 Å². The number of rotatable bonds is 4. The molecule has 0 spiro atoms. The van der Waals surface area contributed by atoms with Gasteiger partial charge in [-0.15, -0.1) is 13.2 Å². The Hall–Kier alpha value is -4.22. The number of aromatic nitrogens is 4. The zero-order valence-corrected chi connectivity index (χ0v) is 16.3. The smallest absolute Gasteiger partial charge is 0.403 e. The van der Waals surface area contributed by atoms with E-state index in [2.05, 4.69) is 30.4 Å². The molecule has 4 rings (SSSR count). The topological polar surface area (TPSA) is 94.0 Å². The van der Waals surface area contributed by atoms with Gasteiger partial charge in [0, 0.05) is 30.7 Å². The molecule has 0 unspecified atom stereocenters. The van der Waals surface area contributed by atoms with E-state index in [1.807, 2.05) is 0 Å².